The lowest BCUT2D eigenvalue weighted by atomic mass is 9.98. The molecule has 1 aromatic carbocycles. The number of para-hydroxylation sites is 1. The van der Waals surface area contributed by atoms with Crippen LogP contribution in [0.1, 0.15) is 31.2 Å². The number of amides is 1. The number of aliphatic hydroxyl groups excluding tert-OH is 1. The van der Waals surface area contributed by atoms with E-state index in [1.165, 1.54) is 0 Å². The third-order valence-corrected chi connectivity index (χ3v) is 4.39. The molecule has 19 heavy (non-hydrogen) atoms. The highest BCUT2D eigenvalue weighted by Crippen LogP contribution is 2.36. The Morgan fingerprint density at radius 2 is 1.89 bits per heavy atom. The van der Waals surface area contributed by atoms with Crippen molar-refractivity contribution in [3.05, 3.63) is 29.8 Å². The molecular weight excluding hydrogens is 240 g/mol. The lowest BCUT2D eigenvalue weighted by Crippen LogP contribution is -2.48. The van der Waals surface area contributed by atoms with E-state index in [1.807, 2.05) is 29.2 Å². The van der Waals surface area contributed by atoms with E-state index in [4.69, 9.17) is 5.73 Å². The second kappa shape index (κ2) is 4.85. The molecule has 0 spiro atoms. The van der Waals surface area contributed by atoms with E-state index < -0.39 is 0 Å². The van der Waals surface area contributed by atoms with Gasteiger partial charge < -0.3 is 15.7 Å². The Morgan fingerprint density at radius 3 is 2.53 bits per heavy atom. The molecule has 2 saturated heterocycles. The van der Waals surface area contributed by atoms with Crippen LogP contribution < -0.4 is 5.73 Å². The van der Waals surface area contributed by atoms with Gasteiger partial charge in [0.25, 0.3) is 0 Å². The molecule has 2 atom stereocenters. The molecule has 3 N–H and O–H groups in total. The van der Waals surface area contributed by atoms with Crippen molar-refractivity contribution in [3.8, 4) is 0 Å². The van der Waals surface area contributed by atoms with Gasteiger partial charge in [0.05, 0.1) is 12.5 Å². The average molecular weight is 260 g/mol. The number of anilines is 1. The maximum atomic E-state index is 12.5. The fourth-order valence-corrected chi connectivity index (χ4v) is 3.50. The Balaban J connectivity index is 1.73. The van der Waals surface area contributed by atoms with Crippen molar-refractivity contribution in [2.24, 2.45) is 0 Å². The predicted octanol–water partition coefficient (Wildman–Crippen LogP) is 1.33. The number of fused-ring (bicyclic) bond motifs is 2. The van der Waals surface area contributed by atoms with Gasteiger partial charge in [-0.15, -0.1) is 0 Å². The number of carbonyl (C=O) groups excluding carboxylic acids is 1. The Kier molecular flexibility index (Phi) is 3.19. The summed E-state index contributed by atoms with van der Waals surface area (Å²) in [4.78, 5) is 14.5. The minimum atomic E-state index is -0.233. The van der Waals surface area contributed by atoms with Gasteiger partial charge in [0.15, 0.2) is 0 Å². The lowest BCUT2D eigenvalue weighted by Gasteiger charge is -2.37. The van der Waals surface area contributed by atoms with Gasteiger partial charge in [0, 0.05) is 17.8 Å². The summed E-state index contributed by atoms with van der Waals surface area (Å²) >= 11 is 0. The second-order valence-corrected chi connectivity index (χ2v) is 5.69. The van der Waals surface area contributed by atoms with Crippen LogP contribution in [0.5, 0.6) is 0 Å². The monoisotopic (exact) mass is 260 g/mol. The molecule has 1 aromatic rings. The van der Waals surface area contributed by atoms with Crippen LogP contribution in [0.25, 0.3) is 0 Å². The molecule has 2 unspecified atom stereocenters. The first-order valence-electron chi connectivity index (χ1n) is 6.97. The van der Waals surface area contributed by atoms with Crippen LogP contribution in [0, 0.1) is 0 Å². The van der Waals surface area contributed by atoms with E-state index in [-0.39, 0.29) is 24.1 Å². The van der Waals surface area contributed by atoms with E-state index in [0.29, 0.717) is 12.1 Å². The first kappa shape index (κ1) is 12.5. The molecule has 2 aliphatic heterocycles. The van der Waals surface area contributed by atoms with E-state index in [0.717, 1.165) is 31.2 Å². The van der Waals surface area contributed by atoms with Crippen LogP contribution in [-0.4, -0.2) is 34.1 Å². The smallest absolute Gasteiger partial charge is 0.227 e. The molecule has 1 amide bonds. The standard InChI is InChI=1S/C15H20N2O2/c16-14-4-2-1-3-10(14)7-15(19)17-11-5-6-12(17)9-13(18)8-11/h1-4,11-13,18H,5-9,16H2. The van der Waals surface area contributed by atoms with Gasteiger partial charge in [0.2, 0.25) is 5.91 Å². The summed E-state index contributed by atoms with van der Waals surface area (Å²) in [7, 11) is 0. The van der Waals surface area contributed by atoms with E-state index in [2.05, 4.69) is 0 Å². The minimum absolute atomic E-state index is 0.150. The third kappa shape index (κ3) is 2.32. The van der Waals surface area contributed by atoms with Gasteiger partial charge in [-0.3, -0.25) is 4.79 Å². The van der Waals surface area contributed by atoms with Crippen molar-refractivity contribution < 1.29 is 9.90 Å². The Hall–Kier alpha value is -1.55. The van der Waals surface area contributed by atoms with E-state index in [1.54, 1.807) is 0 Å². The fourth-order valence-electron chi connectivity index (χ4n) is 3.50. The molecule has 2 heterocycles. The van der Waals surface area contributed by atoms with Gasteiger partial charge in [-0.2, -0.15) is 0 Å². The summed E-state index contributed by atoms with van der Waals surface area (Å²) in [6.07, 6.45) is 3.65. The Bertz CT molecular complexity index is 475. The quantitative estimate of drug-likeness (QED) is 0.788. The molecule has 0 radical (unpaired) electrons. The van der Waals surface area contributed by atoms with Gasteiger partial charge >= 0.3 is 0 Å². The number of nitrogens with zero attached hydrogens (tertiary/aromatic N) is 1. The highest BCUT2D eigenvalue weighted by atomic mass is 16.3. The van der Waals surface area contributed by atoms with Crippen molar-refractivity contribution in [1.29, 1.82) is 0 Å². The van der Waals surface area contributed by atoms with Crippen molar-refractivity contribution in [2.45, 2.75) is 50.3 Å². The molecular formula is C15H20N2O2. The van der Waals surface area contributed by atoms with Gasteiger partial charge in [-0.05, 0) is 37.3 Å². The number of rotatable bonds is 2. The van der Waals surface area contributed by atoms with Gasteiger partial charge in [-0.25, -0.2) is 0 Å². The summed E-state index contributed by atoms with van der Waals surface area (Å²) < 4.78 is 0. The summed E-state index contributed by atoms with van der Waals surface area (Å²) in [6.45, 7) is 0. The number of nitrogen functional groups attached to an aromatic ring is 1. The third-order valence-electron chi connectivity index (χ3n) is 4.39. The van der Waals surface area contributed by atoms with E-state index in [9.17, 15) is 9.90 Å². The number of aliphatic hydroxyl groups is 1. The van der Waals surface area contributed by atoms with Crippen molar-refractivity contribution in [1.82, 2.24) is 4.90 Å². The highest BCUT2D eigenvalue weighted by molar-refractivity contribution is 5.81. The zero-order valence-corrected chi connectivity index (χ0v) is 11.0. The summed E-state index contributed by atoms with van der Waals surface area (Å²) in [5, 5.41) is 9.77. The summed E-state index contributed by atoms with van der Waals surface area (Å²) in [6, 6.07) is 7.99. The lowest BCUT2D eigenvalue weighted by molar-refractivity contribution is -0.136. The molecule has 4 nitrogen and oxygen atoms in total. The second-order valence-electron chi connectivity index (χ2n) is 5.69. The SMILES string of the molecule is Nc1ccccc1CC(=O)N1C2CCC1CC(O)C2. The molecule has 2 fully saturated rings. The number of hydrogen-bond acceptors (Lipinski definition) is 3. The van der Waals surface area contributed by atoms with Gasteiger partial charge in [-0.1, -0.05) is 18.2 Å². The summed E-state index contributed by atoms with van der Waals surface area (Å²) in [5.41, 5.74) is 7.48. The van der Waals surface area contributed by atoms with Crippen molar-refractivity contribution in [3.63, 3.8) is 0 Å². The van der Waals surface area contributed by atoms with Gasteiger partial charge in [0.1, 0.15) is 0 Å². The first-order chi connectivity index (χ1) is 9.15. The molecule has 3 rings (SSSR count). The molecule has 102 valence electrons. The number of nitrogens with two attached hydrogens (primary N) is 1. The predicted molar refractivity (Wildman–Crippen MR) is 73.5 cm³/mol. The molecule has 2 aliphatic rings. The molecule has 0 aliphatic carbocycles. The molecule has 4 heteroatoms. The molecule has 0 saturated carbocycles. The summed E-state index contributed by atoms with van der Waals surface area (Å²) in [5.74, 6) is 0.150. The molecule has 0 aromatic heterocycles. The first-order valence-corrected chi connectivity index (χ1v) is 6.97. The zero-order valence-electron chi connectivity index (χ0n) is 11.0. The topological polar surface area (TPSA) is 66.6 Å². The fraction of sp³-hybridized carbons (Fsp3) is 0.533. The Labute approximate surface area is 113 Å². The maximum Gasteiger partial charge on any atom is 0.227 e. The van der Waals surface area contributed by atoms with Crippen LogP contribution in [0.4, 0.5) is 5.69 Å². The zero-order chi connectivity index (χ0) is 13.4. The number of piperidine rings is 1. The van der Waals surface area contributed by atoms with Crippen LogP contribution in [0.2, 0.25) is 0 Å². The number of hydrogen-bond donors (Lipinski definition) is 2. The van der Waals surface area contributed by atoms with Crippen molar-refractivity contribution >= 4 is 11.6 Å². The van der Waals surface area contributed by atoms with Crippen molar-refractivity contribution in [2.75, 3.05) is 5.73 Å². The minimum Gasteiger partial charge on any atom is -0.398 e. The molecule has 2 bridgehead atoms. The Morgan fingerprint density at radius 1 is 1.26 bits per heavy atom. The highest BCUT2D eigenvalue weighted by Gasteiger charge is 2.42. The van der Waals surface area contributed by atoms with Crippen LogP contribution in [-0.2, 0) is 11.2 Å². The maximum absolute atomic E-state index is 12.5. The van der Waals surface area contributed by atoms with Crippen LogP contribution in [0.15, 0.2) is 24.3 Å². The number of carbonyl (C=O) groups is 1. The van der Waals surface area contributed by atoms with Crippen LogP contribution >= 0.6 is 0 Å². The van der Waals surface area contributed by atoms with E-state index >= 15 is 0 Å². The normalized spacial score (nSPS) is 29.5. The number of benzene rings is 1. The average Bonchev–Trinajstić information content (AvgIpc) is 2.65. The largest absolute Gasteiger partial charge is 0.398 e. The van der Waals surface area contributed by atoms with Crippen LogP contribution in [0.3, 0.4) is 0 Å².